The molecule has 0 heterocycles. The number of hydrogen-bond acceptors (Lipinski definition) is 4. The van der Waals surface area contributed by atoms with E-state index in [1.54, 1.807) is 45.0 Å². The maximum atomic E-state index is 12.8. The number of nitrogens with one attached hydrogen (secondary N) is 3. The molecule has 1 atom stereocenters. The van der Waals surface area contributed by atoms with Crippen LogP contribution in [0.1, 0.15) is 37.9 Å². The average molecular weight is 556 g/mol. The normalized spacial score (nSPS) is 13.1. The third-order valence-electron chi connectivity index (χ3n) is 4.79. The number of alkyl halides is 3. The second-order valence-electron chi connectivity index (χ2n) is 9.08. The van der Waals surface area contributed by atoms with Crippen LogP contribution in [0.4, 0.5) is 23.7 Å². The van der Waals surface area contributed by atoms with E-state index in [1.165, 1.54) is 36.4 Å². The van der Waals surface area contributed by atoms with E-state index >= 15 is 0 Å². The molecule has 0 fully saturated rings. The second kappa shape index (κ2) is 11.0. The van der Waals surface area contributed by atoms with Gasteiger partial charge in [-0.3, -0.25) is 0 Å². The quantitative estimate of drug-likeness (QED) is 0.322. The Kier molecular flexibility index (Phi) is 8.41. The minimum absolute atomic E-state index is 0.0357. The first-order valence-electron chi connectivity index (χ1n) is 10.9. The van der Waals surface area contributed by atoms with E-state index in [-0.39, 0.29) is 4.90 Å². The van der Waals surface area contributed by atoms with Crippen LogP contribution in [0.2, 0.25) is 5.02 Å². The number of rotatable bonds is 7. The highest BCUT2D eigenvalue weighted by Crippen LogP contribution is 2.28. The summed E-state index contributed by atoms with van der Waals surface area (Å²) in [6.07, 6.45) is -4.83. The van der Waals surface area contributed by atoms with Crippen molar-refractivity contribution in [1.82, 2.24) is 10.0 Å². The number of benzene rings is 3. The average Bonchev–Trinajstić information content (AvgIpc) is 2.77. The van der Waals surface area contributed by atoms with Gasteiger partial charge in [-0.1, -0.05) is 35.9 Å². The number of amides is 2. The van der Waals surface area contributed by atoms with Gasteiger partial charge in [0.15, 0.2) is 0 Å². The molecule has 0 aliphatic rings. The van der Waals surface area contributed by atoms with E-state index in [0.717, 1.165) is 12.1 Å². The Hall–Kier alpha value is -3.28. The lowest BCUT2D eigenvalue weighted by molar-refractivity contribution is -0.274. The first-order valence-corrected chi connectivity index (χ1v) is 12.8. The minimum atomic E-state index is -4.83. The molecule has 3 N–H and O–H groups in total. The lowest BCUT2D eigenvalue weighted by atomic mass is 9.99. The molecule has 1 unspecified atom stereocenters. The van der Waals surface area contributed by atoms with Crippen molar-refractivity contribution in [3.05, 3.63) is 88.9 Å². The van der Waals surface area contributed by atoms with E-state index in [0.29, 0.717) is 21.8 Å². The number of hydrogen-bond donors (Lipinski definition) is 3. The van der Waals surface area contributed by atoms with Gasteiger partial charge in [0.05, 0.1) is 10.9 Å². The third kappa shape index (κ3) is 8.66. The standard InChI is InChI=1S/C25H25ClF3N3O4S/c1-24(2,3)32-37(34,35)21-14-10-19(11-15-21)30-23(33)31-22(16-4-8-18(26)9-5-16)17-6-12-20(13-7-17)36-25(27,28)29/h4-15,22,32H,1-3H3,(H2,30,31,33). The largest absolute Gasteiger partial charge is 0.573 e. The van der Waals surface area contributed by atoms with Gasteiger partial charge in [0.1, 0.15) is 5.75 Å². The zero-order valence-corrected chi connectivity index (χ0v) is 21.6. The molecule has 0 bridgehead atoms. The van der Waals surface area contributed by atoms with Gasteiger partial charge in [-0.15, -0.1) is 13.2 Å². The van der Waals surface area contributed by atoms with Crippen LogP contribution in [0.5, 0.6) is 5.75 Å². The van der Waals surface area contributed by atoms with Crippen molar-refractivity contribution < 1.29 is 31.1 Å². The Morgan fingerprint density at radius 3 is 1.86 bits per heavy atom. The van der Waals surface area contributed by atoms with Crippen LogP contribution in [-0.2, 0) is 10.0 Å². The Morgan fingerprint density at radius 2 is 1.38 bits per heavy atom. The molecular weight excluding hydrogens is 531 g/mol. The molecule has 3 rings (SSSR count). The molecule has 12 heteroatoms. The van der Waals surface area contributed by atoms with Crippen LogP contribution >= 0.6 is 11.6 Å². The molecular formula is C25H25ClF3N3O4S. The molecule has 7 nitrogen and oxygen atoms in total. The van der Waals surface area contributed by atoms with Crippen LogP contribution in [0, 0.1) is 0 Å². The van der Waals surface area contributed by atoms with Crippen molar-refractivity contribution in [2.45, 2.75) is 43.6 Å². The van der Waals surface area contributed by atoms with Crippen molar-refractivity contribution in [3.8, 4) is 5.75 Å². The SMILES string of the molecule is CC(C)(C)NS(=O)(=O)c1ccc(NC(=O)NC(c2ccc(Cl)cc2)c2ccc(OC(F)(F)F)cc2)cc1. The van der Waals surface area contributed by atoms with Crippen LogP contribution in [0.3, 0.4) is 0 Å². The van der Waals surface area contributed by atoms with E-state index < -0.39 is 39.7 Å². The summed E-state index contributed by atoms with van der Waals surface area (Å²) in [5, 5.41) is 5.87. The summed E-state index contributed by atoms with van der Waals surface area (Å²) in [5.74, 6) is -0.397. The highest BCUT2D eigenvalue weighted by molar-refractivity contribution is 7.89. The zero-order chi connectivity index (χ0) is 27.4. The molecule has 0 saturated carbocycles. The lowest BCUT2D eigenvalue weighted by Crippen LogP contribution is -2.40. The number of carbonyl (C=O) groups excluding carboxylic acids is 1. The van der Waals surface area contributed by atoms with Gasteiger partial charge in [-0.2, -0.15) is 0 Å². The molecule has 37 heavy (non-hydrogen) atoms. The minimum Gasteiger partial charge on any atom is -0.406 e. The summed E-state index contributed by atoms with van der Waals surface area (Å²) >= 11 is 5.97. The summed E-state index contributed by atoms with van der Waals surface area (Å²) in [6, 6.07) is 15.9. The topological polar surface area (TPSA) is 96.5 Å². The van der Waals surface area contributed by atoms with Crippen molar-refractivity contribution in [1.29, 1.82) is 0 Å². The summed E-state index contributed by atoms with van der Waals surface area (Å²) in [5.41, 5.74) is 0.778. The van der Waals surface area contributed by atoms with Gasteiger partial charge in [0, 0.05) is 16.2 Å². The number of halogens is 4. The summed E-state index contributed by atoms with van der Waals surface area (Å²) < 4.78 is 68.9. The van der Waals surface area contributed by atoms with Gasteiger partial charge in [0.2, 0.25) is 10.0 Å². The molecule has 0 spiro atoms. The maximum Gasteiger partial charge on any atom is 0.573 e. The van der Waals surface area contributed by atoms with Gasteiger partial charge < -0.3 is 15.4 Å². The monoisotopic (exact) mass is 555 g/mol. The summed E-state index contributed by atoms with van der Waals surface area (Å²) in [6.45, 7) is 5.16. The van der Waals surface area contributed by atoms with E-state index in [4.69, 9.17) is 11.6 Å². The fourth-order valence-corrected chi connectivity index (χ4v) is 4.90. The number of sulfonamides is 1. The number of ether oxygens (including phenoxy) is 1. The predicted octanol–water partition coefficient (Wildman–Crippen LogP) is 6.23. The highest BCUT2D eigenvalue weighted by atomic mass is 35.5. The molecule has 2 amide bonds. The number of anilines is 1. The van der Waals surface area contributed by atoms with Gasteiger partial charge in [0.25, 0.3) is 0 Å². The van der Waals surface area contributed by atoms with Crippen LogP contribution in [-0.4, -0.2) is 26.4 Å². The van der Waals surface area contributed by atoms with Crippen molar-refractivity contribution in [2.75, 3.05) is 5.32 Å². The molecule has 3 aromatic rings. The fraction of sp³-hybridized carbons (Fsp3) is 0.240. The first-order chi connectivity index (χ1) is 17.1. The molecule has 0 aliphatic heterocycles. The summed E-state index contributed by atoms with van der Waals surface area (Å²) in [4.78, 5) is 12.8. The summed E-state index contributed by atoms with van der Waals surface area (Å²) in [7, 11) is -3.74. The smallest absolute Gasteiger partial charge is 0.406 e. The van der Waals surface area contributed by atoms with E-state index in [2.05, 4.69) is 20.1 Å². The Morgan fingerprint density at radius 1 is 0.865 bits per heavy atom. The van der Waals surface area contributed by atoms with Crippen LogP contribution in [0.15, 0.2) is 77.7 Å². The first kappa shape index (κ1) is 28.3. The Bertz CT molecular complexity index is 1320. The number of urea groups is 1. The molecule has 0 saturated heterocycles. The number of carbonyl (C=O) groups is 1. The van der Waals surface area contributed by atoms with Crippen molar-refractivity contribution in [3.63, 3.8) is 0 Å². The predicted molar refractivity (Wildman–Crippen MR) is 135 cm³/mol. The van der Waals surface area contributed by atoms with Crippen molar-refractivity contribution in [2.24, 2.45) is 0 Å². The lowest BCUT2D eigenvalue weighted by Gasteiger charge is -2.21. The molecule has 198 valence electrons. The van der Waals surface area contributed by atoms with Gasteiger partial charge in [-0.25, -0.2) is 17.9 Å². The Balaban J connectivity index is 1.78. The van der Waals surface area contributed by atoms with Crippen molar-refractivity contribution >= 4 is 33.3 Å². The van der Waals surface area contributed by atoms with Crippen LogP contribution < -0.4 is 20.1 Å². The molecule has 0 aliphatic carbocycles. The molecule has 3 aromatic carbocycles. The third-order valence-corrected chi connectivity index (χ3v) is 6.81. The van der Waals surface area contributed by atoms with Crippen LogP contribution in [0.25, 0.3) is 0 Å². The molecule has 0 radical (unpaired) electrons. The van der Waals surface area contributed by atoms with Gasteiger partial charge in [-0.05, 0) is 80.4 Å². The van der Waals surface area contributed by atoms with Gasteiger partial charge >= 0.3 is 12.4 Å². The Labute approximate surface area is 218 Å². The maximum absolute atomic E-state index is 12.8. The van der Waals surface area contributed by atoms with E-state index in [1.807, 2.05) is 0 Å². The highest BCUT2D eigenvalue weighted by Gasteiger charge is 2.31. The fourth-order valence-electron chi connectivity index (χ4n) is 3.35. The molecule has 0 aromatic heterocycles. The van der Waals surface area contributed by atoms with E-state index in [9.17, 15) is 26.4 Å². The second-order valence-corrected chi connectivity index (χ2v) is 11.2. The zero-order valence-electron chi connectivity index (χ0n) is 20.1.